The third kappa shape index (κ3) is 2.65. The summed E-state index contributed by atoms with van der Waals surface area (Å²) >= 11 is 0. The summed E-state index contributed by atoms with van der Waals surface area (Å²) in [6, 6.07) is 0. The third-order valence-corrected chi connectivity index (χ3v) is 4.68. The second-order valence-electron chi connectivity index (χ2n) is 6.00. The van der Waals surface area contributed by atoms with Crippen LogP contribution < -0.4 is 5.73 Å². The fourth-order valence-corrected chi connectivity index (χ4v) is 3.61. The summed E-state index contributed by atoms with van der Waals surface area (Å²) in [6.07, 6.45) is 5.10. The number of hydrogen-bond donors (Lipinski definition) is 1. The van der Waals surface area contributed by atoms with Crippen LogP contribution in [-0.4, -0.2) is 30.4 Å². The molecule has 0 saturated heterocycles. The van der Waals surface area contributed by atoms with E-state index in [0.29, 0.717) is 30.2 Å². The van der Waals surface area contributed by atoms with Gasteiger partial charge in [-0.3, -0.25) is 4.79 Å². The van der Waals surface area contributed by atoms with Crippen LogP contribution in [0.4, 0.5) is 0 Å². The molecular weight excluding hydrogens is 212 g/mol. The van der Waals surface area contributed by atoms with Gasteiger partial charge in [0.05, 0.1) is 0 Å². The minimum absolute atomic E-state index is 0.332. The average molecular weight is 238 g/mol. The fraction of sp³-hybridized carbons (Fsp3) is 0.929. The highest BCUT2D eigenvalue weighted by atomic mass is 16.2. The highest BCUT2D eigenvalue weighted by Gasteiger charge is 2.44. The van der Waals surface area contributed by atoms with E-state index in [1.54, 1.807) is 0 Å². The molecule has 4 unspecified atom stereocenters. The zero-order valence-electron chi connectivity index (χ0n) is 11.2. The molecule has 0 aromatic heterocycles. The standard InChI is InChI=1S/C14H26N2O/c1-3-16(9-10(2)8-15)14(17)13-7-11-4-5-12(13)6-11/h10-13H,3-9,15H2,1-2H3. The molecule has 2 aliphatic carbocycles. The molecule has 2 fully saturated rings. The Labute approximate surface area is 105 Å². The highest BCUT2D eigenvalue weighted by molar-refractivity contribution is 5.79. The SMILES string of the molecule is CCN(CC(C)CN)C(=O)C1CC2CCC1C2. The van der Waals surface area contributed by atoms with Crippen molar-refractivity contribution >= 4 is 5.91 Å². The molecule has 2 rings (SSSR count). The van der Waals surface area contributed by atoms with Crippen molar-refractivity contribution in [1.29, 1.82) is 0 Å². The molecule has 98 valence electrons. The van der Waals surface area contributed by atoms with Gasteiger partial charge in [0, 0.05) is 19.0 Å². The smallest absolute Gasteiger partial charge is 0.225 e. The summed E-state index contributed by atoms with van der Waals surface area (Å²) < 4.78 is 0. The van der Waals surface area contributed by atoms with E-state index in [4.69, 9.17) is 5.73 Å². The summed E-state index contributed by atoms with van der Waals surface area (Å²) in [7, 11) is 0. The van der Waals surface area contributed by atoms with Crippen molar-refractivity contribution in [2.24, 2.45) is 29.4 Å². The van der Waals surface area contributed by atoms with E-state index in [1.165, 1.54) is 19.3 Å². The maximum Gasteiger partial charge on any atom is 0.225 e. The summed E-state index contributed by atoms with van der Waals surface area (Å²) in [4.78, 5) is 14.5. The number of nitrogens with zero attached hydrogens (tertiary/aromatic N) is 1. The van der Waals surface area contributed by atoms with Crippen molar-refractivity contribution in [3.05, 3.63) is 0 Å². The van der Waals surface area contributed by atoms with Gasteiger partial charge in [0.1, 0.15) is 0 Å². The van der Waals surface area contributed by atoms with Gasteiger partial charge in [0.15, 0.2) is 0 Å². The van der Waals surface area contributed by atoms with Crippen LogP contribution in [0.15, 0.2) is 0 Å². The van der Waals surface area contributed by atoms with Crippen molar-refractivity contribution in [1.82, 2.24) is 4.90 Å². The Bertz CT molecular complexity index is 279. The van der Waals surface area contributed by atoms with Crippen LogP contribution >= 0.6 is 0 Å². The molecule has 4 atom stereocenters. The zero-order valence-corrected chi connectivity index (χ0v) is 11.2. The van der Waals surface area contributed by atoms with Crippen LogP contribution in [0.25, 0.3) is 0 Å². The quantitative estimate of drug-likeness (QED) is 0.794. The number of rotatable bonds is 5. The van der Waals surface area contributed by atoms with Gasteiger partial charge in [-0.15, -0.1) is 0 Å². The number of hydrogen-bond acceptors (Lipinski definition) is 2. The van der Waals surface area contributed by atoms with Gasteiger partial charge >= 0.3 is 0 Å². The van der Waals surface area contributed by atoms with E-state index in [1.807, 2.05) is 4.90 Å². The van der Waals surface area contributed by atoms with Crippen LogP contribution in [0.2, 0.25) is 0 Å². The molecule has 0 heterocycles. The lowest BCUT2D eigenvalue weighted by molar-refractivity contribution is -0.137. The first-order valence-electron chi connectivity index (χ1n) is 7.14. The number of fused-ring (bicyclic) bond motifs is 2. The summed E-state index contributed by atoms with van der Waals surface area (Å²) in [5.74, 6) is 2.69. The predicted octanol–water partition coefficient (Wildman–Crippen LogP) is 1.87. The van der Waals surface area contributed by atoms with Crippen LogP contribution in [0.5, 0.6) is 0 Å². The van der Waals surface area contributed by atoms with Crippen molar-refractivity contribution < 1.29 is 4.79 Å². The molecule has 2 N–H and O–H groups in total. The fourth-order valence-electron chi connectivity index (χ4n) is 3.61. The van der Waals surface area contributed by atoms with Gasteiger partial charge in [-0.2, -0.15) is 0 Å². The largest absolute Gasteiger partial charge is 0.342 e. The van der Waals surface area contributed by atoms with Gasteiger partial charge < -0.3 is 10.6 Å². The highest BCUT2D eigenvalue weighted by Crippen LogP contribution is 2.48. The predicted molar refractivity (Wildman–Crippen MR) is 69.4 cm³/mol. The van der Waals surface area contributed by atoms with E-state index in [9.17, 15) is 4.79 Å². The minimum atomic E-state index is 0.332. The van der Waals surface area contributed by atoms with Crippen molar-refractivity contribution in [3.63, 3.8) is 0 Å². The van der Waals surface area contributed by atoms with Crippen LogP contribution in [0.1, 0.15) is 39.5 Å². The lowest BCUT2D eigenvalue weighted by Gasteiger charge is -2.30. The average Bonchev–Trinajstić information content (AvgIpc) is 2.96. The van der Waals surface area contributed by atoms with Crippen LogP contribution in [0.3, 0.4) is 0 Å². The Morgan fingerprint density at radius 2 is 2.18 bits per heavy atom. The molecule has 1 amide bonds. The van der Waals surface area contributed by atoms with Crippen molar-refractivity contribution in [3.8, 4) is 0 Å². The first-order valence-corrected chi connectivity index (χ1v) is 7.14. The number of carbonyl (C=O) groups excluding carboxylic acids is 1. The first kappa shape index (κ1) is 12.9. The molecule has 2 saturated carbocycles. The first-order chi connectivity index (χ1) is 8.15. The van der Waals surface area contributed by atoms with E-state index in [0.717, 1.165) is 25.4 Å². The topological polar surface area (TPSA) is 46.3 Å². The normalized spacial score (nSPS) is 32.8. The van der Waals surface area contributed by atoms with Gasteiger partial charge in [0.25, 0.3) is 0 Å². The van der Waals surface area contributed by atoms with E-state index >= 15 is 0 Å². The Morgan fingerprint density at radius 3 is 2.65 bits per heavy atom. The lowest BCUT2D eigenvalue weighted by atomic mass is 9.87. The Hall–Kier alpha value is -0.570. The molecule has 0 aromatic carbocycles. The molecule has 0 aromatic rings. The molecule has 3 heteroatoms. The van der Waals surface area contributed by atoms with Crippen LogP contribution in [0, 0.1) is 23.7 Å². The molecular formula is C14H26N2O. The summed E-state index contributed by atoms with van der Waals surface area (Å²) in [5.41, 5.74) is 5.65. The van der Waals surface area contributed by atoms with Gasteiger partial charge in [-0.25, -0.2) is 0 Å². The maximum atomic E-state index is 12.5. The number of carbonyl (C=O) groups is 1. The Balaban J connectivity index is 1.93. The minimum Gasteiger partial charge on any atom is -0.342 e. The maximum absolute atomic E-state index is 12.5. The van der Waals surface area contributed by atoms with E-state index in [2.05, 4.69) is 13.8 Å². The molecule has 0 aliphatic heterocycles. The molecule has 2 aliphatic rings. The zero-order chi connectivity index (χ0) is 12.4. The summed E-state index contributed by atoms with van der Waals surface area (Å²) in [5, 5.41) is 0. The third-order valence-electron chi connectivity index (χ3n) is 4.68. The molecule has 2 bridgehead atoms. The van der Waals surface area contributed by atoms with Crippen molar-refractivity contribution in [2.75, 3.05) is 19.6 Å². The molecule has 3 nitrogen and oxygen atoms in total. The molecule has 17 heavy (non-hydrogen) atoms. The van der Waals surface area contributed by atoms with Gasteiger partial charge in [-0.1, -0.05) is 13.3 Å². The van der Waals surface area contributed by atoms with Gasteiger partial charge in [0.2, 0.25) is 5.91 Å². The number of amides is 1. The number of nitrogens with two attached hydrogens (primary N) is 1. The van der Waals surface area contributed by atoms with Crippen molar-refractivity contribution in [2.45, 2.75) is 39.5 Å². The summed E-state index contributed by atoms with van der Waals surface area (Å²) in [6.45, 7) is 6.53. The molecule has 0 spiro atoms. The van der Waals surface area contributed by atoms with E-state index in [-0.39, 0.29) is 0 Å². The Kier molecular flexibility index (Phi) is 4.08. The van der Waals surface area contributed by atoms with E-state index < -0.39 is 0 Å². The van der Waals surface area contributed by atoms with Crippen LogP contribution in [-0.2, 0) is 4.79 Å². The second kappa shape index (κ2) is 5.38. The Morgan fingerprint density at radius 1 is 1.41 bits per heavy atom. The monoisotopic (exact) mass is 238 g/mol. The van der Waals surface area contributed by atoms with Gasteiger partial charge in [-0.05, 0) is 50.5 Å². The second-order valence-corrected chi connectivity index (χ2v) is 6.00. The molecule has 0 radical (unpaired) electrons. The lowest BCUT2D eigenvalue weighted by Crippen LogP contribution is -2.41.